The number of hydrogen-bond donors (Lipinski definition) is 2. The maximum absolute atomic E-state index is 11.3. The molecule has 1 aromatic rings. The molecule has 4 nitrogen and oxygen atoms in total. The van der Waals surface area contributed by atoms with Crippen LogP contribution in [0.15, 0.2) is 10.8 Å². The predicted molar refractivity (Wildman–Crippen MR) is 52.4 cm³/mol. The Labute approximate surface area is 85.5 Å². The van der Waals surface area contributed by atoms with Crippen molar-refractivity contribution in [1.82, 2.24) is 5.32 Å². The third kappa shape index (κ3) is 1.33. The molecule has 1 aliphatic rings. The zero-order valence-corrected chi connectivity index (χ0v) is 8.56. The number of aliphatic hydroxyl groups is 1. The van der Waals surface area contributed by atoms with Gasteiger partial charge in [-0.25, -0.2) is 4.79 Å². The molecule has 5 heteroatoms. The van der Waals surface area contributed by atoms with E-state index in [1.54, 1.807) is 10.8 Å². The molecular weight excluding hydrogens is 202 g/mol. The number of carbonyl (C=O) groups excluding carboxylic acids is 1. The summed E-state index contributed by atoms with van der Waals surface area (Å²) in [5, 5.41) is 16.5. The SMILES string of the molecule is COC(=O)c1cscc1C1(O)CNC1. The van der Waals surface area contributed by atoms with E-state index < -0.39 is 5.60 Å². The molecule has 1 saturated heterocycles. The summed E-state index contributed by atoms with van der Waals surface area (Å²) in [6.45, 7) is 0.988. The van der Waals surface area contributed by atoms with E-state index >= 15 is 0 Å². The Morgan fingerprint density at radius 2 is 2.36 bits per heavy atom. The van der Waals surface area contributed by atoms with Gasteiger partial charge in [-0.3, -0.25) is 0 Å². The van der Waals surface area contributed by atoms with Crippen molar-refractivity contribution in [2.45, 2.75) is 5.60 Å². The number of carbonyl (C=O) groups is 1. The molecule has 1 aromatic heterocycles. The first kappa shape index (κ1) is 9.64. The molecule has 1 aliphatic heterocycles. The lowest BCUT2D eigenvalue weighted by molar-refractivity contribution is -0.0155. The van der Waals surface area contributed by atoms with E-state index in [1.807, 2.05) is 0 Å². The number of hydrogen-bond acceptors (Lipinski definition) is 5. The van der Waals surface area contributed by atoms with Gasteiger partial charge in [0, 0.05) is 24.0 Å². The molecule has 2 N–H and O–H groups in total. The summed E-state index contributed by atoms with van der Waals surface area (Å²) >= 11 is 1.40. The quantitative estimate of drug-likeness (QED) is 0.695. The van der Waals surface area contributed by atoms with Gasteiger partial charge in [0.05, 0.1) is 12.7 Å². The van der Waals surface area contributed by atoms with Crippen LogP contribution in [0.25, 0.3) is 0 Å². The standard InChI is InChI=1S/C9H11NO3S/c1-13-8(11)6-2-14-3-7(6)9(12)4-10-5-9/h2-3,10,12H,4-5H2,1H3. The Bertz CT molecular complexity index is 357. The third-order valence-electron chi connectivity index (χ3n) is 2.40. The molecule has 0 spiro atoms. The van der Waals surface area contributed by atoms with Gasteiger partial charge in [0.25, 0.3) is 0 Å². The molecular formula is C9H11NO3S. The van der Waals surface area contributed by atoms with E-state index in [0.717, 1.165) is 0 Å². The van der Waals surface area contributed by atoms with Crippen molar-refractivity contribution in [3.8, 4) is 0 Å². The van der Waals surface area contributed by atoms with Crippen molar-refractivity contribution >= 4 is 17.3 Å². The number of methoxy groups -OCH3 is 1. The molecule has 76 valence electrons. The minimum Gasteiger partial charge on any atom is -0.465 e. The second kappa shape index (κ2) is 3.34. The fraction of sp³-hybridized carbons (Fsp3) is 0.444. The summed E-state index contributed by atoms with van der Waals surface area (Å²) in [6, 6.07) is 0. The van der Waals surface area contributed by atoms with Crippen LogP contribution in [0.2, 0.25) is 0 Å². The molecule has 14 heavy (non-hydrogen) atoms. The number of ether oxygens (including phenoxy) is 1. The van der Waals surface area contributed by atoms with Crippen LogP contribution in [-0.2, 0) is 10.3 Å². The molecule has 0 atom stereocenters. The second-order valence-corrected chi connectivity index (χ2v) is 4.07. The lowest BCUT2D eigenvalue weighted by Crippen LogP contribution is -2.57. The number of nitrogens with one attached hydrogen (secondary N) is 1. The normalized spacial score (nSPS) is 18.7. The summed E-state index contributed by atoms with van der Waals surface area (Å²) in [5.74, 6) is -0.387. The number of rotatable bonds is 2. The smallest absolute Gasteiger partial charge is 0.339 e. The molecule has 0 bridgehead atoms. The Balaban J connectivity index is 2.34. The van der Waals surface area contributed by atoms with Crippen molar-refractivity contribution in [3.63, 3.8) is 0 Å². The molecule has 0 saturated carbocycles. The summed E-state index contributed by atoms with van der Waals surface area (Å²) < 4.78 is 4.64. The first-order valence-corrected chi connectivity index (χ1v) is 5.20. The van der Waals surface area contributed by atoms with Crippen LogP contribution in [-0.4, -0.2) is 31.3 Å². The lowest BCUT2D eigenvalue weighted by atomic mass is 9.88. The summed E-state index contributed by atoms with van der Waals surface area (Å²) in [5.41, 5.74) is 0.262. The number of thiophene rings is 1. The van der Waals surface area contributed by atoms with Crippen LogP contribution in [0, 0.1) is 0 Å². The van der Waals surface area contributed by atoms with Crippen molar-refractivity contribution < 1.29 is 14.6 Å². The maximum atomic E-state index is 11.3. The van der Waals surface area contributed by atoms with Gasteiger partial charge in [-0.15, -0.1) is 0 Å². The van der Waals surface area contributed by atoms with Gasteiger partial charge in [0.1, 0.15) is 5.60 Å². The highest BCUT2D eigenvalue weighted by atomic mass is 32.1. The fourth-order valence-corrected chi connectivity index (χ4v) is 2.39. The van der Waals surface area contributed by atoms with E-state index in [0.29, 0.717) is 24.2 Å². The number of esters is 1. The molecule has 0 aromatic carbocycles. The van der Waals surface area contributed by atoms with Crippen LogP contribution < -0.4 is 5.32 Å². The van der Waals surface area contributed by atoms with Gasteiger partial charge < -0.3 is 15.2 Å². The first-order chi connectivity index (χ1) is 6.67. The fourth-order valence-electron chi connectivity index (χ4n) is 1.48. The van der Waals surface area contributed by atoms with Crippen LogP contribution >= 0.6 is 11.3 Å². The molecule has 0 unspecified atom stereocenters. The third-order valence-corrected chi connectivity index (χ3v) is 3.15. The average Bonchev–Trinajstić information content (AvgIpc) is 2.61. The van der Waals surface area contributed by atoms with Crippen molar-refractivity contribution in [3.05, 3.63) is 21.9 Å². The van der Waals surface area contributed by atoms with Crippen molar-refractivity contribution in [2.75, 3.05) is 20.2 Å². The topological polar surface area (TPSA) is 58.6 Å². The zero-order valence-electron chi connectivity index (χ0n) is 7.74. The average molecular weight is 213 g/mol. The molecule has 0 radical (unpaired) electrons. The highest BCUT2D eigenvalue weighted by molar-refractivity contribution is 7.08. The van der Waals surface area contributed by atoms with Crippen LogP contribution in [0.5, 0.6) is 0 Å². The Hall–Kier alpha value is -0.910. The van der Waals surface area contributed by atoms with Crippen LogP contribution in [0.1, 0.15) is 15.9 Å². The zero-order chi connectivity index (χ0) is 10.2. The largest absolute Gasteiger partial charge is 0.465 e. The van der Waals surface area contributed by atoms with Crippen molar-refractivity contribution in [2.24, 2.45) is 0 Å². The molecule has 2 heterocycles. The lowest BCUT2D eigenvalue weighted by Gasteiger charge is -2.37. The van der Waals surface area contributed by atoms with Gasteiger partial charge in [-0.1, -0.05) is 0 Å². The van der Waals surface area contributed by atoms with E-state index in [1.165, 1.54) is 18.4 Å². The van der Waals surface area contributed by atoms with Gasteiger partial charge in [-0.05, 0) is 5.38 Å². The summed E-state index contributed by atoms with van der Waals surface area (Å²) in [4.78, 5) is 11.3. The Kier molecular flexibility index (Phi) is 2.30. The first-order valence-electron chi connectivity index (χ1n) is 4.25. The number of β-amino-alcohol motifs (C(OH)–C–C–N with tert-alkyl or cyclic N) is 1. The van der Waals surface area contributed by atoms with E-state index in [2.05, 4.69) is 10.1 Å². The minimum absolute atomic E-state index is 0.387. The summed E-state index contributed by atoms with van der Waals surface area (Å²) in [7, 11) is 1.34. The highest BCUT2D eigenvalue weighted by Crippen LogP contribution is 2.31. The van der Waals surface area contributed by atoms with Crippen LogP contribution in [0.3, 0.4) is 0 Å². The molecule has 2 rings (SSSR count). The van der Waals surface area contributed by atoms with E-state index in [9.17, 15) is 9.90 Å². The monoisotopic (exact) mass is 213 g/mol. The van der Waals surface area contributed by atoms with Gasteiger partial charge in [0.15, 0.2) is 0 Å². The van der Waals surface area contributed by atoms with Gasteiger partial charge in [-0.2, -0.15) is 11.3 Å². The molecule has 0 amide bonds. The van der Waals surface area contributed by atoms with Crippen molar-refractivity contribution in [1.29, 1.82) is 0 Å². The highest BCUT2D eigenvalue weighted by Gasteiger charge is 2.39. The van der Waals surface area contributed by atoms with Crippen LogP contribution in [0.4, 0.5) is 0 Å². The maximum Gasteiger partial charge on any atom is 0.339 e. The van der Waals surface area contributed by atoms with Gasteiger partial charge >= 0.3 is 5.97 Å². The van der Waals surface area contributed by atoms with Gasteiger partial charge in [0.2, 0.25) is 0 Å². The molecule has 0 aliphatic carbocycles. The molecule has 1 fully saturated rings. The van der Waals surface area contributed by atoms with E-state index in [-0.39, 0.29) is 5.97 Å². The predicted octanol–water partition coefficient (Wildman–Crippen LogP) is 0.326. The minimum atomic E-state index is -0.885. The van der Waals surface area contributed by atoms with E-state index in [4.69, 9.17) is 0 Å². The summed E-state index contributed by atoms with van der Waals surface area (Å²) in [6.07, 6.45) is 0. The Morgan fingerprint density at radius 3 is 2.86 bits per heavy atom. The Morgan fingerprint density at radius 1 is 1.64 bits per heavy atom. The second-order valence-electron chi connectivity index (χ2n) is 3.33.